The van der Waals surface area contributed by atoms with Gasteiger partial charge in [-0.05, 0) is 65.8 Å². The van der Waals surface area contributed by atoms with Crippen LogP contribution in [0.15, 0.2) is 58.6 Å². The Bertz CT molecular complexity index is 1400. The van der Waals surface area contributed by atoms with Gasteiger partial charge in [-0.3, -0.25) is 9.36 Å². The molecule has 9 nitrogen and oxygen atoms in total. The van der Waals surface area contributed by atoms with Crippen molar-refractivity contribution in [1.82, 2.24) is 19.1 Å². The van der Waals surface area contributed by atoms with E-state index in [9.17, 15) is 13.2 Å². The van der Waals surface area contributed by atoms with Crippen LogP contribution in [0.2, 0.25) is 0 Å². The first-order chi connectivity index (χ1) is 18.9. The van der Waals surface area contributed by atoms with Crippen LogP contribution < -0.4 is 5.32 Å². The minimum absolute atomic E-state index is 0.113. The van der Waals surface area contributed by atoms with E-state index in [1.165, 1.54) is 28.9 Å². The molecule has 0 unspecified atom stereocenters. The molecular weight excluding hydrogens is 649 g/mol. The van der Waals surface area contributed by atoms with Crippen LogP contribution in [-0.2, 0) is 19.6 Å². The molecule has 1 N–H and O–H groups in total. The van der Waals surface area contributed by atoms with Gasteiger partial charge in [0.25, 0.3) is 0 Å². The van der Waals surface area contributed by atoms with Gasteiger partial charge in [0.1, 0.15) is 0 Å². The Kier molecular flexibility index (Phi) is 9.59. The number of thioether (sulfide) groups is 1. The third kappa shape index (κ3) is 7.02. The van der Waals surface area contributed by atoms with Crippen LogP contribution in [0.4, 0.5) is 5.69 Å². The number of morpholine rings is 1. The lowest BCUT2D eigenvalue weighted by Gasteiger charge is -2.26. The van der Waals surface area contributed by atoms with Crippen LogP contribution in [0.3, 0.4) is 0 Å². The molecule has 2 fully saturated rings. The maximum Gasteiger partial charge on any atom is 0.243 e. The molecule has 0 atom stereocenters. The van der Waals surface area contributed by atoms with E-state index < -0.39 is 10.0 Å². The molecule has 2 aromatic carbocycles. The summed E-state index contributed by atoms with van der Waals surface area (Å²) in [5, 5.41) is 12.7. The van der Waals surface area contributed by atoms with Crippen molar-refractivity contribution in [3.63, 3.8) is 0 Å². The van der Waals surface area contributed by atoms with Gasteiger partial charge in [0.05, 0.1) is 23.9 Å². The van der Waals surface area contributed by atoms with Gasteiger partial charge in [-0.25, -0.2) is 8.42 Å². The molecule has 208 valence electrons. The summed E-state index contributed by atoms with van der Waals surface area (Å²) in [7, 11) is -3.65. The van der Waals surface area contributed by atoms with Crippen molar-refractivity contribution in [1.29, 1.82) is 0 Å². The van der Waals surface area contributed by atoms with Crippen LogP contribution in [0.5, 0.6) is 0 Å². The fraction of sp³-hybridized carbons (Fsp3) is 0.444. The zero-order chi connectivity index (χ0) is 27.2. The van der Waals surface area contributed by atoms with E-state index in [1.54, 1.807) is 18.2 Å². The van der Waals surface area contributed by atoms with E-state index in [2.05, 4.69) is 42.7 Å². The van der Waals surface area contributed by atoms with E-state index in [-0.39, 0.29) is 22.6 Å². The van der Waals surface area contributed by atoms with E-state index in [0.29, 0.717) is 42.8 Å². The third-order valence-electron chi connectivity index (χ3n) is 7.00. The highest BCUT2D eigenvalue weighted by atomic mass is 127. The van der Waals surface area contributed by atoms with E-state index in [4.69, 9.17) is 4.74 Å². The smallest absolute Gasteiger partial charge is 0.243 e. The molecule has 2 heterocycles. The number of carbonyl (C=O) groups excluding carboxylic acids is 1. The summed E-state index contributed by atoms with van der Waals surface area (Å²) >= 11 is 3.58. The molecule has 1 aliphatic carbocycles. The number of carbonyl (C=O) groups is 1. The second-order valence-electron chi connectivity index (χ2n) is 9.71. The zero-order valence-corrected chi connectivity index (χ0v) is 25.4. The van der Waals surface area contributed by atoms with E-state index in [1.807, 2.05) is 30.3 Å². The second kappa shape index (κ2) is 13.1. The summed E-state index contributed by atoms with van der Waals surface area (Å²) in [5.41, 5.74) is 1.47. The first-order valence-electron chi connectivity index (χ1n) is 13.2. The highest BCUT2D eigenvalue weighted by Gasteiger charge is 2.28. The van der Waals surface area contributed by atoms with Gasteiger partial charge in [0, 0.05) is 34.0 Å². The molecule has 1 aliphatic heterocycles. The van der Waals surface area contributed by atoms with E-state index in [0.717, 1.165) is 34.9 Å². The van der Waals surface area contributed by atoms with Crippen molar-refractivity contribution < 1.29 is 17.9 Å². The molecule has 1 saturated heterocycles. The highest BCUT2D eigenvalue weighted by Crippen LogP contribution is 2.35. The lowest BCUT2D eigenvalue weighted by Crippen LogP contribution is -2.40. The molecule has 3 aromatic rings. The number of sulfonamides is 1. The Hall–Kier alpha value is -2.00. The number of nitrogens with zero attached hydrogens (tertiary/aromatic N) is 4. The summed E-state index contributed by atoms with van der Waals surface area (Å²) in [6, 6.07) is 14.8. The monoisotopic (exact) mass is 681 g/mol. The average molecular weight is 682 g/mol. The maximum atomic E-state index is 13.3. The summed E-state index contributed by atoms with van der Waals surface area (Å²) < 4.78 is 36.7. The number of anilines is 1. The van der Waals surface area contributed by atoms with Crippen LogP contribution in [-0.4, -0.2) is 65.5 Å². The lowest BCUT2D eigenvalue weighted by atomic mass is 10.1. The zero-order valence-electron chi connectivity index (χ0n) is 21.6. The SMILES string of the molecule is O=C(CSc1nnc(-c2cccc(S(=O)(=O)N3CCOCC3)c2)n1C1CCCCCC1)Nc1cccc(I)c1. The normalized spacial score (nSPS) is 17.6. The largest absolute Gasteiger partial charge is 0.379 e. The highest BCUT2D eigenvalue weighted by molar-refractivity contribution is 14.1. The molecule has 12 heteroatoms. The van der Waals surface area contributed by atoms with Crippen LogP contribution in [0.1, 0.15) is 44.6 Å². The van der Waals surface area contributed by atoms with Gasteiger partial charge in [-0.1, -0.05) is 55.6 Å². The standard InChI is InChI=1S/C27H32IN5O4S2/c28-21-8-6-9-22(18-21)29-25(34)19-38-27-31-30-26(33(27)23-10-3-1-2-4-11-23)20-7-5-12-24(17-20)39(35,36)32-13-15-37-16-14-32/h5-9,12,17-18,23H,1-4,10-11,13-16,19H2,(H,29,34). The number of aromatic nitrogens is 3. The minimum atomic E-state index is -3.65. The Morgan fingerprint density at radius 1 is 1.03 bits per heavy atom. The quantitative estimate of drug-likeness (QED) is 0.198. The number of halogens is 1. The first-order valence-corrected chi connectivity index (χ1v) is 16.7. The van der Waals surface area contributed by atoms with Crippen LogP contribution in [0, 0.1) is 3.57 Å². The van der Waals surface area contributed by atoms with Crippen molar-refractivity contribution in [2.24, 2.45) is 0 Å². The van der Waals surface area contributed by atoms with E-state index >= 15 is 0 Å². The summed E-state index contributed by atoms with van der Waals surface area (Å²) in [6.07, 6.45) is 6.62. The average Bonchev–Trinajstić information content (AvgIpc) is 3.18. The predicted octanol–water partition coefficient (Wildman–Crippen LogP) is 5.20. The molecular formula is C27H32IN5O4S2. The van der Waals surface area contributed by atoms with Crippen molar-refractivity contribution in [2.45, 2.75) is 54.6 Å². The molecule has 0 spiro atoms. The van der Waals surface area contributed by atoms with Crippen molar-refractivity contribution >= 4 is 56.0 Å². The Balaban J connectivity index is 1.42. The molecule has 5 rings (SSSR count). The van der Waals surface area contributed by atoms with Crippen LogP contribution in [0.25, 0.3) is 11.4 Å². The minimum Gasteiger partial charge on any atom is -0.379 e. The lowest BCUT2D eigenvalue weighted by molar-refractivity contribution is -0.113. The number of benzene rings is 2. The topological polar surface area (TPSA) is 106 Å². The number of hydrogen-bond donors (Lipinski definition) is 1. The fourth-order valence-corrected chi connectivity index (χ4v) is 7.85. The molecule has 1 aromatic heterocycles. The first kappa shape index (κ1) is 28.5. The number of hydrogen-bond acceptors (Lipinski definition) is 7. The summed E-state index contributed by atoms with van der Waals surface area (Å²) in [4.78, 5) is 13.0. The molecule has 0 radical (unpaired) electrons. The third-order valence-corrected chi connectivity index (χ3v) is 10.5. The Morgan fingerprint density at radius 3 is 2.51 bits per heavy atom. The fourth-order valence-electron chi connectivity index (χ4n) is 5.04. The van der Waals surface area contributed by atoms with Crippen molar-refractivity contribution in [3.8, 4) is 11.4 Å². The molecule has 0 bridgehead atoms. The van der Waals surface area contributed by atoms with Crippen molar-refractivity contribution in [3.05, 3.63) is 52.1 Å². The Morgan fingerprint density at radius 2 is 1.77 bits per heavy atom. The summed E-state index contributed by atoms with van der Waals surface area (Å²) in [6.45, 7) is 1.48. The van der Waals surface area contributed by atoms with Gasteiger partial charge in [-0.2, -0.15) is 4.31 Å². The summed E-state index contributed by atoms with van der Waals surface area (Å²) in [5.74, 6) is 0.723. The Labute approximate surface area is 247 Å². The van der Waals surface area contributed by atoms with Crippen LogP contribution >= 0.6 is 34.4 Å². The molecule has 1 saturated carbocycles. The van der Waals surface area contributed by atoms with Gasteiger partial charge in [-0.15, -0.1) is 10.2 Å². The van der Waals surface area contributed by atoms with Gasteiger partial charge in [0.2, 0.25) is 15.9 Å². The number of rotatable bonds is 8. The van der Waals surface area contributed by atoms with Gasteiger partial charge >= 0.3 is 0 Å². The van der Waals surface area contributed by atoms with Gasteiger partial charge in [0.15, 0.2) is 11.0 Å². The number of ether oxygens (including phenoxy) is 1. The number of amides is 1. The molecule has 2 aliphatic rings. The second-order valence-corrected chi connectivity index (χ2v) is 13.8. The maximum absolute atomic E-state index is 13.3. The molecule has 39 heavy (non-hydrogen) atoms. The number of nitrogens with one attached hydrogen (secondary N) is 1. The van der Waals surface area contributed by atoms with Crippen molar-refractivity contribution in [2.75, 3.05) is 37.4 Å². The van der Waals surface area contributed by atoms with Gasteiger partial charge < -0.3 is 10.1 Å². The molecule has 1 amide bonds. The predicted molar refractivity (Wildman–Crippen MR) is 160 cm³/mol.